The van der Waals surface area contributed by atoms with Gasteiger partial charge in [0.1, 0.15) is 5.03 Å². The second-order valence-electron chi connectivity index (χ2n) is 2.84. The van der Waals surface area contributed by atoms with Gasteiger partial charge in [-0.3, -0.25) is 0 Å². The molecule has 2 aromatic rings. The second kappa shape index (κ2) is 4.68. The highest BCUT2D eigenvalue weighted by Crippen LogP contribution is 2.19. The van der Waals surface area contributed by atoms with E-state index in [0.29, 0.717) is 10.8 Å². The Balaban J connectivity index is 2.33. The molecule has 0 radical (unpaired) electrons. The zero-order chi connectivity index (χ0) is 10.7. The first kappa shape index (κ1) is 10.5. The Kier molecular flexibility index (Phi) is 3.28. The molecule has 3 nitrogen and oxygen atoms in total. The first-order valence-corrected chi connectivity index (χ1v) is 5.97. The highest BCUT2D eigenvalue weighted by molar-refractivity contribution is 7.99. The van der Waals surface area contributed by atoms with Crippen molar-refractivity contribution in [3.8, 4) is 5.82 Å². The van der Waals surface area contributed by atoms with Gasteiger partial charge in [-0.1, -0.05) is 18.5 Å². The molecule has 78 valence electrons. The molecule has 0 saturated carbocycles. The fraction of sp³-hybridized carbons (Fsp3) is 0.200. The van der Waals surface area contributed by atoms with E-state index in [-0.39, 0.29) is 0 Å². The van der Waals surface area contributed by atoms with Gasteiger partial charge in [0, 0.05) is 12.4 Å². The Morgan fingerprint density at radius 2 is 2.33 bits per heavy atom. The summed E-state index contributed by atoms with van der Waals surface area (Å²) in [6, 6.07) is 5.56. The van der Waals surface area contributed by atoms with Crippen LogP contribution < -0.4 is 0 Å². The second-order valence-corrected chi connectivity index (χ2v) is 4.53. The zero-order valence-corrected chi connectivity index (χ0v) is 9.79. The summed E-state index contributed by atoms with van der Waals surface area (Å²) in [5.41, 5.74) is 0. The summed E-state index contributed by atoms with van der Waals surface area (Å²) in [4.78, 5) is 4.18. The van der Waals surface area contributed by atoms with E-state index in [4.69, 9.17) is 11.6 Å². The molecule has 5 heteroatoms. The maximum absolute atomic E-state index is 6.01. The van der Waals surface area contributed by atoms with E-state index in [2.05, 4.69) is 17.0 Å². The van der Waals surface area contributed by atoms with Gasteiger partial charge in [-0.05, 0) is 24.0 Å². The lowest BCUT2D eigenvalue weighted by Gasteiger charge is -2.01. The first-order valence-electron chi connectivity index (χ1n) is 4.60. The molecule has 0 aliphatic carbocycles. The Bertz CT molecular complexity index is 455. The SMILES string of the molecule is CCSc1ccn(-c2ncccc2Cl)n1. The molecule has 0 aromatic carbocycles. The molecule has 0 saturated heterocycles. The van der Waals surface area contributed by atoms with Gasteiger partial charge >= 0.3 is 0 Å². The number of hydrogen-bond donors (Lipinski definition) is 0. The summed E-state index contributed by atoms with van der Waals surface area (Å²) in [6.45, 7) is 2.09. The number of pyridine rings is 1. The molecule has 0 spiro atoms. The molecule has 15 heavy (non-hydrogen) atoms. The van der Waals surface area contributed by atoms with Gasteiger partial charge in [-0.25, -0.2) is 9.67 Å². The number of hydrogen-bond acceptors (Lipinski definition) is 3. The maximum Gasteiger partial charge on any atom is 0.172 e. The van der Waals surface area contributed by atoms with Gasteiger partial charge in [-0.2, -0.15) is 5.10 Å². The van der Waals surface area contributed by atoms with Crippen LogP contribution in [0.2, 0.25) is 5.02 Å². The highest BCUT2D eigenvalue weighted by Gasteiger charge is 2.05. The van der Waals surface area contributed by atoms with Gasteiger partial charge in [0.25, 0.3) is 0 Å². The Morgan fingerprint density at radius 1 is 1.47 bits per heavy atom. The minimum atomic E-state index is 0.605. The third-order valence-corrected chi connectivity index (χ3v) is 2.91. The molecule has 0 bridgehead atoms. The molecule has 0 aliphatic rings. The predicted molar refractivity (Wildman–Crippen MR) is 62.8 cm³/mol. The third-order valence-electron chi connectivity index (χ3n) is 1.81. The monoisotopic (exact) mass is 239 g/mol. The Labute approximate surface area is 97.5 Å². The topological polar surface area (TPSA) is 30.7 Å². The number of aromatic nitrogens is 3. The van der Waals surface area contributed by atoms with Gasteiger partial charge < -0.3 is 0 Å². The summed E-state index contributed by atoms with van der Waals surface area (Å²) in [5, 5.41) is 5.95. The molecule has 0 amide bonds. The summed E-state index contributed by atoms with van der Waals surface area (Å²) < 4.78 is 1.69. The molecule has 0 N–H and O–H groups in total. The number of rotatable bonds is 3. The molecule has 2 heterocycles. The van der Waals surface area contributed by atoms with Crippen LogP contribution >= 0.6 is 23.4 Å². The molecule has 0 unspecified atom stereocenters. The van der Waals surface area contributed by atoms with Crippen LogP contribution in [0.5, 0.6) is 0 Å². The minimum Gasteiger partial charge on any atom is -0.236 e. The highest BCUT2D eigenvalue weighted by atomic mass is 35.5. The average molecular weight is 240 g/mol. The third kappa shape index (κ3) is 2.33. The normalized spacial score (nSPS) is 10.5. The van der Waals surface area contributed by atoms with Crippen molar-refractivity contribution in [1.29, 1.82) is 0 Å². The fourth-order valence-corrected chi connectivity index (χ4v) is 2.00. The summed E-state index contributed by atoms with van der Waals surface area (Å²) in [6.07, 6.45) is 3.57. The van der Waals surface area contributed by atoms with Gasteiger partial charge in [0.05, 0.1) is 5.02 Å². The predicted octanol–water partition coefficient (Wildman–Crippen LogP) is 3.03. The maximum atomic E-state index is 6.01. The van der Waals surface area contributed by atoms with Crippen molar-refractivity contribution in [2.75, 3.05) is 5.75 Å². The van der Waals surface area contributed by atoms with Crippen LogP contribution in [0.1, 0.15) is 6.92 Å². The van der Waals surface area contributed by atoms with E-state index < -0.39 is 0 Å². The van der Waals surface area contributed by atoms with E-state index >= 15 is 0 Å². The minimum absolute atomic E-state index is 0.605. The standard InChI is InChI=1S/C10H10ClN3S/c1-2-15-9-5-7-14(13-9)10-8(11)4-3-6-12-10/h3-7H,2H2,1H3. The molecule has 0 atom stereocenters. The fourth-order valence-electron chi connectivity index (χ4n) is 1.20. The first-order chi connectivity index (χ1) is 7.31. The van der Waals surface area contributed by atoms with Gasteiger partial charge in [0.2, 0.25) is 0 Å². The van der Waals surface area contributed by atoms with Crippen LogP contribution in [0.4, 0.5) is 0 Å². The lowest BCUT2D eigenvalue weighted by Crippen LogP contribution is -1.98. The summed E-state index contributed by atoms with van der Waals surface area (Å²) in [5.74, 6) is 1.68. The Morgan fingerprint density at radius 3 is 3.07 bits per heavy atom. The molecule has 0 fully saturated rings. The van der Waals surface area contributed by atoms with Crippen molar-refractivity contribution in [3.05, 3.63) is 35.6 Å². The molecular weight excluding hydrogens is 230 g/mol. The van der Waals surface area contributed by atoms with Gasteiger partial charge in [0.15, 0.2) is 5.82 Å². The van der Waals surface area contributed by atoms with Crippen molar-refractivity contribution < 1.29 is 0 Å². The van der Waals surface area contributed by atoms with Crippen LogP contribution in [0.25, 0.3) is 5.82 Å². The van der Waals surface area contributed by atoms with E-state index in [9.17, 15) is 0 Å². The lowest BCUT2D eigenvalue weighted by atomic mass is 10.4. The van der Waals surface area contributed by atoms with Crippen molar-refractivity contribution in [1.82, 2.24) is 14.8 Å². The van der Waals surface area contributed by atoms with E-state index in [1.165, 1.54) is 0 Å². The number of thioether (sulfide) groups is 1. The van der Waals surface area contributed by atoms with Crippen molar-refractivity contribution in [2.45, 2.75) is 11.9 Å². The largest absolute Gasteiger partial charge is 0.236 e. The molecule has 2 rings (SSSR count). The number of nitrogens with zero attached hydrogens (tertiary/aromatic N) is 3. The van der Waals surface area contributed by atoms with Crippen LogP contribution in [-0.4, -0.2) is 20.5 Å². The summed E-state index contributed by atoms with van der Waals surface area (Å²) >= 11 is 7.71. The molecule has 2 aromatic heterocycles. The van der Waals surface area contributed by atoms with Crippen molar-refractivity contribution >= 4 is 23.4 Å². The molecular formula is C10H10ClN3S. The number of halogens is 1. The molecule has 0 aliphatic heterocycles. The van der Waals surface area contributed by atoms with Crippen LogP contribution in [0.3, 0.4) is 0 Å². The quantitative estimate of drug-likeness (QED) is 0.772. The van der Waals surface area contributed by atoms with Crippen LogP contribution in [-0.2, 0) is 0 Å². The van der Waals surface area contributed by atoms with Crippen molar-refractivity contribution in [2.24, 2.45) is 0 Å². The summed E-state index contributed by atoms with van der Waals surface area (Å²) in [7, 11) is 0. The van der Waals surface area contributed by atoms with E-state index in [1.807, 2.05) is 12.3 Å². The average Bonchev–Trinajstić information content (AvgIpc) is 2.68. The smallest absolute Gasteiger partial charge is 0.172 e. The van der Waals surface area contributed by atoms with E-state index in [1.54, 1.807) is 34.8 Å². The van der Waals surface area contributed by atoms with Gasteiger partial charge in [-0.15, -0.1) is 11.8 Å². The lowest BCUT2D eigenvalue weighted by molar-refractivity contribution is 0.811. The zero-order valence-electron chi connectivity index (χ0n) is 8.22. The van der Waals surface area contributed by atoms with Crippen LogP contribution in [0, 0.1) is 0 Å². The van der Waals surface area contributed by atoms with E-state index in [0.717, 1.165) is 10.8 Å². The Hall–Kier alpha value is -1.00. The van der Waals surface area contributed by atoms with Crippen LogP contribution in [0.15, 0.2) is 35.6 Å². The van der Waals surface area contributed by atoms with Crippen molar-refractivity contribution in [3.63, 3.8) is 0 Å².